The Balaban J connectivity index is 1.74. The molecule has 0 radical (unpaired) electrons. The van der Waals surface area contributed by atoms with E-state index in [0.29, 0.717) is 23.7 Å². The maximum atomic E-state index is 12.6. The molecule has 7 nitrogen and oxygen atoms in total. The summed E-state index contributed by atoms with van der Waals surface area (Å²) in [5, 5.41) is 4.12. The Morgan fingerprint density at radius 1 is 1.22 bits per heavy atom. The summed E-state index contributed by atoms with van der Waals surface area (Å²) < 4.78 is 5.65. The molecular formula is C20H22N4O3. The molecule has 0 atom stereocenters. The maximum absolute atomic E-state index is 12.6. The third-order valence-corrected chi connectivity index (χ3v) is 3.94. The van der Waals surface area contributed by atoms with Gasteiger partial charge in [0.05, 0.1) is 18.0 Å². The molecule has 0 bridgehead atoms. The normalized spacial score (nSPS) is 13.6. The zero-order chi connectivity index (χ0) is 19.2. The largest absolute Gasteiger partial charge is 0.491 e. The van der Waals surface area contributed by atoms with Crippen molar-refractivity contribution in [1.29, 1.82) is 0 Å². The maximum Gasteiger partial charge on any atom is 0.292 e. The van der Waals surface area contributed by atoms with Crippen LogP contribution >= 0.6 is 0 Å². The van der Waals surface area contributed by atoms with Crippen LogP contribution in [-0.4, -0.2) is 30.8 Å². The van der Waals surface area contributed by atoms with E-state index in [-0.39, 0.29) is 18.3 Å². The number of amides is 2. The molecule has 27 heavy (non-hydrogen) atoms. The van der Waals surface area contributed by atoms with Crippen molar-refractivity contribution < 1.29 is 14.3 Å². The summed E-state index contributed by atoms with van der Waals surface area (Å²) in [4.78, 5) is 28.9. The lowest BCUT2D eigenvalue weighted by molar-refractivity contribution is -0.118. The molecule has 0 saturated carbocycles. The molecule has 2 N–H and O–H groups in total. The Hall–Kier alpha value is -3.35. The summed E-state index contributed by atoms with van der Waals surface area (Å²) in [6.07, 6.45) is 0.865. The number of aliphatic imine (C=N–C) groups is 1. The molecule has 0 aromatic heterocycles. The fourth-order valence-corrected chi connectivity index (χ4v) is 2.54. The summed E-state index contributed by atoms with van der Waals surface area (Å²) in [6, 6.07) is 14.6. The fourth-order valence-electron chi connectivity index (χ4n) is 2.54. The van der Waals surface area contributed by atoms with Crippen molar-refractivity contribution in [2.75, 3.05) is 23.5 Å². The number of rotatable bonds is 6. The second kappa shape index (κ2) is 8.35. The lowest BCUT2D eigenvalue weighted by Crippen LogP contribution is -2.54. The molecule has 7 heteroatoms. The molecule has 2 aromatic carbocycles. The highest BCUT2D eigenvalue weighted by atomic mass is 16.5. The average molecular weight is 366 g/mol. The molecular weight excluding hydrogens is 344 g/mol. The standard InChI is InChI=1S/C20H22N4O3/c1-3-12-27-17-7-5-4-6-16(17)22-20(26)19-21-13-18(25)24(23-19)15-10-8-14(2)9-11-15/h4-11H,3,12-13H2,1-2H3,(H,21,23)(H,22,26). The van der Waals surface area contributed by atoms with Crippen molar-refractivity contribution in [2.24, 2.45) is 4.99 Å². The monoisotopic (exact) mass is 366 g/mol. The Labute approximate surface area is 158 Å². The van der Waals surface area contributed by atoms with Crippen LogP contribution in [0.25, 0.3) is 0 Å². The van der Waals surface area contributed by atoms with Crippen LogP contribution < -0.4 is 20.5 Å². The molecule has 0 unspecified atom stereocenters. The van der Waals surface area contributed by atoms with E-state index < -0.39 is 5.91 Å². The number of hydrazine groups is 1. The van der Waals surface area contributed by atoms with Gasteiger partial charge in [-0.1, -0.05) is 36.8 Å². The molecule has 0 saturated heterocycles. The van der Waals surface area contributed by atoms with Gasteiger partial charge in [-0.05, 0) is 37.6 Å². The quantitative estimate of drug-likeness (QED) is 0.823. The van der Waals surface area contributed by atoms with Crippen molar-refractivity contribution >= 4 is 29.0 Å². The third-order valence-electron chi connectivity index (χ3n) is 3.94. The molecule has 2 amide bonds. The van der Waals surface area contributed by atoms with Crippen LogP contribution in [-0.2, 0) is 9.59 Å². The number of carbonyl (C=O) groups is 2. The summed E-state index contributed by atoms with van der Waals surface area (Å²) in [5.41, 5.74) is 5.09. The van der Waals surface area contributed by atoms with Crippen LogP contribution in [0.5, 0.6) is 5.75 Å². The van der Waals surface area contributed by atoms with Crippen LogP contribution in [0.4, 0.5) is 11.4 Å². The van der Waals surface area contributed by atoms with Crippen molar-refractivity contribution in [1.82, 2.24) is 5.43 Å². The number of para-hydroxylation sites is 2. The SMILES string of the molecule is CCCOc1ccccc1NC(=O)C1=NCC(=O)N(c2ccc(C)cc2)N1. The zero-order valence-corrected chi connectivity index (χ0v) is 15.4. The molecule has 1 aliphatic heterocycles. The van der Waals surface area contributed by atoms with Crippen LogP contribution in [0.1, 0.15) is 18.9 Å². The molecule has 1 heterocycles. The molecule has 140 valence electrons. The van der Waals surface area contributed by atoms with E-state index in [1.807, 2.05) is 50.2 Å². The van der Waals surface area contributed by atoms with E-state index in [0.717, 1.165) is 12.0 Å². The average Bonchev–Trinajstić information content (AvgIpc) is 2.68. The van der Waals surface area contributed by atoms with Gasteiger partial charge in [0.15, 0.2) is 0 Å². The predicted octanol–water partition coefficient (Wildman–Crippen LogP) is 2.67. The minimum atomic E-state index is -0.438. The van der Waals surface area contributed by atoms with E-state index in [2.05, 4.69) is 15.7 Å². The van der Waals surface area contributed by atoms with Gasteiger partial charge in [-0.2, -0.15) is 0 Å². The topological polar surface area (TPSA) is 83.0 Å². The molecule has 2 aromatic rings. The zero-order valence-electron chi connectivity index (χ0n) is 15.4. The summed E-state index contributed by atoms with van der Waals surface area (Å²) in [6.45, 7) is 4.44. The second-order valence-corrected chi connectivity index (χ2v) is 6.14. The van der Waals surface area contributed by atoms with Crippen molar-refractivity contribution in [3.8, 4) is 5.75 Å². The number of benzene rings is 2. The smallest absolute Gasteiger partial charge is 0.292 e. The Kier molecular flexibility index (Phi) is 5.71. The van der Waals surface area contributed by atoms with E-state index in [1.165, 1.54) is 5.01 Å². The first-order valence-electron chi connectivity index (χ1n) is 8.82. The number of nitrogens with one attached hydrogen (secondary N) is 2. The molecule has 0 aliphatic carbocycles. The Morgan fingerprint density at radius 2 is 1.96 bits per heavy atom. The van der Waals surface area contributed by atoms with Crippen LogP contribution in [0.15, 0.2) is 53.5 Å². The van der Waals surface area contributed by atoms with Gasteiger partial charge >= 0.3 is 0 Å². The minimum absolute atomic E-state index is 0.0699. The predicted molar refractivity (Wildman–Crippen MR) is 105 cm³/mol. The van der Waals surface area contributed by atoms with E-state index in [1.54, 1.807) is 12.1 Å². The number of anilines is 2. The minimum Gasteiger partial charge on any atom is -0.491 e. The van der Waals surface area contributed by atoms with Crippen LogP contribution in [0.2, 0.25) is 0 Å². The second-order valence-electron chi connectivity index (χ2n) is 6.14. The first kappa shape index (κ1) is 18.4. The van der Waals surface area contributed by atoms with Gasteiger partial charge in [-0.3, -0.25) is 20.0 Å². The van der Waals surface area contributed by atoms with Crippen LogP contribution in [0.3, 0.4) is 0 Å². The summed E-state index contributed by atoms with van der Waals surface area (Å²) >= 11 is 0. The van der Waals surface area contributed by atoms with E-state index in [9.17, 15) is 9.59 Å². The summed E-state index contributed by atoms with van der Waals surface area (Å²) in [7, 11) is 0. The van der Waals surface area contributed by atoms with E-state index >= 15 is 0 Å². The van der Waals surface area contributed by atoms with Gasteiger partial charge in [-0.15, -0.1) is 0 Å². The first-order valence-corrected chi connectivity index (χ1v) is 8.82. The van der Waals surface area contributed by atoms with Crippen molar-refractivity contribution in [3.05, 3.63) is 54.1 Å². The van der Waals surface area contributed by atoms with Crippen molar-refractivity contribution in [2.45, 2.75) is 20.3 Å². The highest BCUT2D eigenvalue weighted by molar-refractivity contribution is 6.43. The molecule has 0 fully saturated rings. The van der Waals surface area contributed by atoms with Gasteiger partial charge in [0, 0.05) is 0 Å². The molecule has 3 rings (SSSR count). The molecule has 0 spiro atoms. The number of amidine groups is 1. The van der Waals surface area contributed by atoms with Crippen LogP contribution in [0, 0.1) is 6.92 Å². The highest BCUT2D eigenvalue weighted by Gasteiger charge is 2.26. The van der Waals surface area contributed by atoms with Gasteiger partial charge in [0.2, 0.25) is 5.84 Å². The van der Waals surface area contributed by atoms with E-state index in [4.69, 9.17) is 4.74 Å². The number of carbonyl (C=O) groups excluding carboxylic acids is 2. The molecule has 1 aliphatic rings. The number of hydrogen-bond donors (Lipinski definition) is 2. The Bertz CT molecular complexity index is 862. The lowest BCUT2D eigenvalue weighted by Gasteiger charge is -2.27. The highest BCUT2D eigenvalue weighted by Crippen LogP contribution is 2.24. The van der Waals surface area contributed by atoms with Gasteiger partial charge in [0.25, 0.3) is 11.8 Å². The van der Waals surface area contributed by atoms with Crippen molar-refractivity contribution in [3.63, 3.8) is 0 Å². The van der Waals surface area contributed by atoms with Gasteiger partial charge in [-0.25, -0.2) is 5.01 Å². The van der Waals surface area contributed by atoms with Gasteiger partial charge < -0.3 is 10.1 Å². The Morgan fingerprint density at radius 3 is 2.70 bits per heavy atom. The number of hydrogen-bond acceptors (Lipinski definition) is 5. The third kappa shape index (κ3) is 4.44. The number of nitrogens with zero attached hydrogens (tertiary/aromatic N) is 2. The fraction of sp³-hybridized carbons (Fsp3) is 0.250. The number of ether oxygens (including phenoxy) is 1. The summed E-state index contributed by atoms with van der Waals surface area (Å²) in [5.74, 6) is -0.00899. The number of aryl methyl sites for hydroxylation is 1. The lowest BCUT2D eigenvalue weighted by atomic mass is 10.2. The van der Waals surface area contributed by atoms with Gasteiger partial charge in [0.1, 0.15) is 12.3 Å². The first-order chi connectivity index (χ1) is 13.1.